The second-order valence-electron chi connectivity index (χ2n) is 18.1. The van der Waals surface area contributed by atoms with Crippen molar-refractivity contribution in [2.24, 2.45) is 0 Å². The lowest BCUT2D eigenvalue weighted by molar-refractivity contribution is 0.533. The number of hydrogen-bond acceptors (Lipinski definition) is 0. The summed E-state index contributed by atoms with van der Waals surface area (Å²) in [5.74, 6) is 0. The maximum atomic E-state index is 2.51. The molecule has 0 atom stereocenters. The second-order valence-corrected chi connectivity index (χ2v) is 18.1. The second kappa shape index (κ2) is 43.3. The third kappa shape index (κ3) is 34.5. The predicted octanol–water partition coefficient (Wildman–Crippen LogP) is 19.8. The first-order valence-electron chi connectivity index (χ1n) is 25.9. The molecule has 0 nitrogen and oxygen atoms in total. The summed E-state index contributed by atoms with van der Waals surface area (Å²) in [5.41, 5.74) is 5.21. The van der Waals surface area contributed by atoms with Crippen LogP contribution in [0.15, 0.2) is 18.2 Å². The topological polar surface area (TPSA) is 0 Å². The summed E-state index contributed by atoms with van der Waals surface area (Å²) in [5, 5.41) is 0. The molecule has 0 amide bonds. The molecule has 1 rings (SSSR count). The van der Waals surface area contributed by atoms with Crippen LogP contribution in [0.5, 0.6) is 0 Å². The van der Waals surface area contributed by atoms with Gasteiger partial charge in [0, 0.05) is 0 Å². The highest BCUT2D eigenvalue weighted by atomic mass is 14.1. The lowest BCUT2D eigenvalue weighted by Gasteiger charge is -2.16. The van der Waals surface area contributed by atoms with Gasteiger partial charge in [-0.05, 0) is 55.2 Å². The Morgan fingerprint density at radius 1 is 0.222 bits per heavy atom. The van der Waals surface area contributed by atoms with E-state index in [1.165, 1.54) is 289 Å². The summed E-state index contributed by atoms with van der Waals surface area (Å²) in [6.45, 7) is 6.96. The Labute approximate surface area is 343 Å². The highest BCUT2D eigenvalue weighted by molar-refractivity contribution is 5.36. The van der Waals surface area contributed by atoms with E-state index in [2.05, 4.69) is 39.0 Å². The summed E-state index contributed by atoms with van der Waals surface area (Å²) in [7, 11) is 0. The lowest BCUT2D eigenvalue weighted by atomic mass is 9.90. The van der Waals surface area contributed by atoms with E-state index in [-0.39, 0.29) is 0 Å². The first-order chi connectivity index (χ1) is 26.8. The van der Waals surface area contributed by atoms with E-state index in [4.69, 9.17) is 0 Å². The lowest BCUT2D eigenvalue weighted by Crippen LogP contribution is -2.02. The average Bonchev–Trinajstić information content (AvgIpc) is 3.18. The zero-order valence-electron chi connectivity index (χ0n) is 38.1. The highest BCUT2D eigenvalue weighted by Crippen LogP contribution is 2.24. The van der Waals surface area contributed by atoms with Crippen LogP contribution in [-0.4, -0.2) is 0 Å². The van der Waals surface area contributed by atoms with Crippen LogP contribution in [0, 0.1) is 0 Å². The van der Waals surface area contributed by atoms with Crippen LogP contribution in [0.2, 0.25) is 0 Å². The first-order valence-corrected chi connectivity index (χ1v) is 25.9. The highest BCUT2D eigenvalue weighted by Gasteiger charge is 2.09. The normalized spacial score (nSPS) is 11.6. The van der Waals surface area contributed by atoms with Gasteiger partial charge in [-0.15, -0.1) is 0 Å². The van der Waals surface area contributed by atoms with E-state index in [1.807, 2.05) is 0 Å². The van der Waals surface area contributed by atoms with Gasteiger partial charge in [0.15, 0.2) is 0 Å². The molecule has 0 unspecified atom stereocenters. The molecule has 0 aliphatic rings. The largest absolute Gasteiger partial charge is 0.0654 e. The van der Waals surface area contributed by atoms with Crippen molar-refractivity contribution in [2.45, 2.75) is 310 Å². The summed E-state index contributed by atoms with van der Waals surface area (Å²) >= 11 is 0. The van der Waals surface area contributed by atoms with E-state index in [0.29, 0.717) is 0 Å². The Bertz CT molecular complexity index is 786. The van der Waals surface area contributed by atoms with Crippen molar-refractivity contribution in [1.82, 2.24) is 0 Å². The van der Waals surface area contributed by atoms with Crippen molar-refractivity contribution >= 4 is 0 Å². The summed E-state index contributed by atoms with van der Waals surface area (Å²) in [6, 6.07) is 7.43. The van der Waals surface area contributed by atoms with Gasteiger partial charge in [-0.3, -0.25) is 0 Å². The van der Waals surface area contributed by atoms with Gasteiger partial charge in [0.2, 0.25) is 0 Å². The van der Waals surface area contributed by atoms with Gasteiger partial charge in [-0.2, -0.15) is 0 Å². The van der Waals surface area contributed by atoms with Gasteiger partial charge in [-0.1, -0.05) is 289 Å². The number of benzene rings is 1. The van der Waals surface area contributed by atoms with Gasteiger partial charge < -0.3 is 0 Å². The van der Waals surface area contributed by atoms with E-state index in [9.17, 15) is 0 Å². The van der Waals surface area contributed by atoms with Crippen LogP contribution in [0.25, 0.3) is 0 Å². The Hall–Kier alpha value is -0.780. The van der Waals surface area contributed by atoms with Crippen LogP contribution in [-0.2, 0) is 19.3 Å². The van der Waals surface area contributed by atoms with Gasteiger partial charge in [0.05, 0.1) is 0 Å². The first kappa shape index (κ1) is 51.2. The van der Waals surface area contributed by atoms with Gasteiger partial charge in [0.25, 0.3) is 0 Å². The average molecular weight is 751 g/mol. The molecule has 0 bridgehead atoms. The minimum atomic E-state index is 1.32. The van der Waals surface area contributed by atoms with Crippen LogP contribution in [0.3, 0.4) is 0 Å². The van der Waals surface area contributed by atoms with Crippen LogP contribution in [0.4, 0.5) is 0 Å². The molecule has 0 saturated carbocycles. The Morgan fingerprint density at radius 3 is 0.630 bits per heavy atom. The zero-order valence-corrected chi connectivity index (χ0v) is 38.1. The van der Waals surface area contributed by atoms with Crippen molar-refractivity contribution in [3.8, 4) is 0 Å². The van der Waals surface area contributed by atoms with Gasteiger partial charge in [-0.25, -0.2) is 0 Å². The molecule has 0 aliphatic heterocycles. The molecule has 0 aromatic heterocycles. The van der Waals surface area contributed by atoms with Crippen molar-refractivity contribution < 1.29 is 0 Å². The molecular formula is C54H102. The SMILES string of the molecule is CCCCCCCCCCCCCCCCc1cccc(CCCCCCCCCCCCCCCC)c1CCCCCCCCCCCCCCCC. The standard InChI is InChI=1S/C54H102/c1-4-7-10-13-16-19-22-25-28-31-34-37-40-43-47-52-49-46-50-53(48-44-41-38-35-32-29-26-23-20-17-14-11-8-5-2)54(52)51-45-42-39-36-33-30-27-24-21-18-15-12-9-6-3/h46,49-50H,4-45,47-48,51H2,1-3H3. The fourth-order valence-electron chi connectivity index (χ4n) is 8.99. The maximum Gasteiger partial charge on any atom is -0.0273 e. The van der Waals surface area contributed by atoms with E-state index < -0.39 is 0 Å². The summed E-state index contributed by atoms with van der Waals surface area (Å²) in [6.07, 6.45) is 64.9. The molecule has 0 heteroatoms. The number of hydrogen-bond donors (Lipinski definition) is 0. The molecule has 54 heavy (non-hydrogen) atoms. The third-order valence-corrected chi connectivity index (χ3v) is 12.7. The Morgan fingerprint density at radius 2 is 0.407 bits per heavy atom. The van der Waals surface area contributed by atoms with Crippen LogP contribution >= 0.6 is 0 Å². The van der Waals surface area contributed by atoms with Crippen molar-refractivity contribution in [1.29, 1.82) is 0 Å². The minimum absolute atomic E-state index is 1.32. The predicted molar refractivity (Wildman–Crippen MR) is 248 cm³/mol. The number of unbranched alkanes of at least 4 members (excludes halogenated alkanes) is 39. The smallest absolute Gasteiger partial charge is 0.0273 e. The van der Waals surface area contributed by atoms with Crippen LogP contribution in [0.1, 0.15) is 307 Å². The van der Waals surface area contributed by atoms with Crippen LogP contribution < -0.4 is 0 Å². The molecule has 0 radical (unpaired) electrons. The molecule has 0 spiro atoms. The third-order valence-electron chi connectivity index (χ3n) is 12.7. The maximum absolute atomic E-state index is 2.51. The molecule has 1 aromatic rings. The number of aryl methyl sites for hydroxylation is 2. The summed E-state index contributed by atoms with van der Waals surface area (Å²) in [4.78, 5) is 0. The van der Waals surface area contributed by atoms with Crippen molar-refractivity contribution in [2.75, 3.05) is 0 Å². The molecule has 0 heterocycles. The fourth-order valence-corrected chi connectivity index (χ4v) is 8.99. The molecule has 0 fully saturated rings. The molecule has 0 saturated heterocycles. The molecule has 0 N–H and O–H groups in total. The van der Waals surface area contributed by atoms with E-state index in [0.717, 1.165) is 0 Å². The summed E-state index contributed by atoms with van der Waals surface area (Å²) < 4.78 is 0. The molecule has 1 aromatic carbocycles. The Kier molecular flexibility index (Phi) is 41.1. The number of rotatable bonds is 45. The minimum Gasteiger partial charge on any atom is -0.0654 e. The quantitative estimate of drug-likeness (QED) is 0.0582. The molecular weight excluding hydrogens is 649 g/mol. The van der Waals surface area contributed by atoms with Gasteiger partial charge >= 0.3 is 0 Å². The fraction of sp³-hybridized carbons (Fsp3) is 0.889. The molecule has 318 valence electrons. The molecule has 0 aliphatic carbocycles. The zero-order chi connectivity index (χ0) is 38.7. The Balaban J connectivity index is 2.33. The monoisotopic (exact) mass is 751 g/mol. The van der Waals surface area contributed by atoms with Gasteiger partial charge in [0.1, 0.15) is 0 Å². The van der Waals surface area contributed by atoms with E-state index in [1.54, 1.807) is 16.7 Å². The van der Waals surface area contributed by atoms with Crippen molar-refractivity contribution in [3.63, 3.8) is 0 Å². The van der Waals surface area contributed by atoms with Crippen molar-refractivity contribution in [3.05, 3.63) is 34.9 Å². The van der Waals surface area contributed by atoms with E-state index >= 15 is 0 Å².